The number of hydrogen-bond acceptors (Lipinski definition) is 2. The van der Waals surface area contributed by atoms with Crippen molar-refractivity contribution in [1.29, 1.82) is 0 Å². The Kier molecular flexibility index (Phi) is 5.07. The minimum absolute atomic E-state index is 0.0731. The number of aryl methyl sites for hydroxylation is 1. The predicted octanol–water partition coefficient (Wildman–Crippen LogP) is 4.06. The van der Waals surface area contributed by atoms with E-state index in [1.807, 2.05) is 0 Å². The average molecular weight is 366 g/mol. The molecule has 0 unspecified atom stereocenters. The molecule has 22 heavy (non-hydrogen) atoms. The maximum Gasteiger partial charge on any atom is 0.240 e. The minimum atomic E-state index is -3.93. The number of benzene rings is 2. The van der Waals surface area contributed by atoms with Crippen molar-refractivity contribution in [3.63, 3.8) is 0 Å². The summed E-state index contributed by atoms with van der Waals surface area (Å²) in [6.45, 7) is 1.25. The number of rotatable bonds is 4. The van der Waals surface area contributed by atoms with E-state index in [9.17, 15) is 17.2 Å². The third-order valence-corrected chi connectivity index (χ3v) is 5.25. The topological polar surface area (TPSA) is 46.2 Å². The molecule has 8 heteroatoms. The van der Waals surface area contributed by atoms with Crippen molar-refractivity contribution in [2.24, 2.45) is 0 Å². The molecular formula is C14H11Cl2F2NO2S. The Hall–Kier alpha value is -1.21. The van der Waals surface area contributed by atoms with E-state index >= 15 is 0 Å². The highest BCUT2D eigenvalue weighted by Crippen LogP contribution is 2.24. The molecule has 118 valence electrons. The van der Waals surface area contributed by atoms with E-state index in [4.69, 9.17) is 23.2 Å². The Balaban J connectivity index is 2.27. The SMILES string of the molecule is Cc1ccc(S(=O)(=O)NCc2c(F)ccc(F)c2Cl)cc1Cl. The van der Waals surface area contributed by atoms with Gasteiger partial charge in [-0.05, 0) is 36.8 Å². The van der Waals surface area contributed by atoms with Gasteiger partial charge in [-0.3, -0.25) is 0 Å². The third-order valence-electron chi connectivity index (χ3n) is 3.03. The molecule has 2 aromatic carbocycles. The van der Waals surface area contributed by atoms with Crippen LogP contribution in [0, 0.1) is 18.6 Å². The molecule has 0 aliphatic heterocycles. The Bertz CT molecular complexity index is 826. The van der Waals surface area contributed by atoms with Gasteiger partial charge in [-0.1, -0.05) is 29.3 Å². The Morgan fingerprint density at radius 1 is 1.09 bits per heavy atom. The first kappa shape index (κ1) is 17.1. The fourth-order valence-electron chi connectivity index (χ4n) is 1.72. The van der Waals surface area contributed by atoms with Gasteiger partial charge in [0.25, 0.3) is 0 Å². The molecule has 0 bridgehead atoms. The monoisotopic (exact) mass is 365 g/mol. The molecule has 0 saturated carbocycles. The molecule has 0 heterocycles. The standard InChI is InChI=1S/C14H11Cl2F2NO2S/c1-8-2-3-9(6-11(8)15)22(20,21)19-7-10-12(17)4-5-13(18)14(10)16/h2-6,19H,7H2,1H3. The summed E-state index contributed by atoms with van der Waals surface area (Å²) in [7, 11) is -3.93. The quantitative estimate of drug-likeness (QED) is 0.830. The van der Waals surface area contributed by atoms with Gasteiger partial charge in [0, 0.05) is 17.1 Å². The second kappa shape index (κ2) is 6.50. The molecule has 0 radical (unpaired) electrons. The summed E-state index contributed by atoms with van der Waals surface area (Å²) in [6, 6.07) is 5.95. The maximum absolute atomic E-state index is 13.6. The van der Waals surface area contributed by atoms with Crippen molar-refractivity contribution < 1.29 is 17.2 Å². The Labute approximate surface area is 136 Å². The summed E-state index contributed by atoms with van der Waals surface area (Å²) >= 11 is 11.5. The van der Waals surface area contributed by atoms with Gasteiger partial charge in [0.05, 0.1) is 9.92 Å². The molecule has 0 aliphatic rings. The van der Waals surface area contributed by atoms with E-state index in [0.29, 0.717) is 0 Å². The van der Waals surface area contributed by atoms with Gasteiger partial charge >= 0.3 is 0 Å². The highest BCUT2D eigenvalue weighted by Gasteiger charge is 2.18. The molecule has 2 rings (SSSR count). The van der Waals surface area contributed by atoms with Crippen LogP contribution in [0.2, 0.25) is 10.0 Å². The molecule has 0 aromatic heterocycles. The second-order valence-corrected chi connectivity index (χ2v) is 7.11. The van der Waals surface area contributed by atoms with Crippen molar-refractivity contribution >= 4 is 33.2 Å². The van der Waals surface area contributed by atoms with Crippen LogP contribution in [0.5, 0.6) is 0 Å². The third kappa shape index (κ3) is 3.57. The molecule has 0 saturated heterocycles. The lowest BCUT2D eigenvalue weighted by atomic mass is 10.2. The summed E-state index contributed by atoms with van der Waals surface area (Å²) in [5.41, 5.74) is 0.461. The number of hydrogen-bond donors (Lipinski definition) is 1. The minimum Gasteiger partial charge on any atom is -0.207 e. The fourth-order valence-corrected chi connectivity index (χ4v) is 3.21. The first-order valence-corrected chi connectivity index (χ1v) is 8.34. The van der Waals surface area contributed by atoms with E-state index < -0.39 is 33.2 Å². The van der Waals surface area contributed by atoms with E-state index in [-0.39, 0.29) is 15.5 Å². The lowest BCUT2D eigenvalue weighted by molar-refractivity contribution is 0.567. The highest BCUT2D eigenvalue weighted by molar-refractivity contribution is 7.89. The van der Waals surface area contributed by atoms with E-state index in [1.165, 1.54) is 12.1 Å². The Morgan fingerprint density at radius 2 is 1.73 bits per heavy atom. The van der Waals surface area contributed by atoms with E-state index in [2.05, 4.69) is 4.72 Å². The predicted molar refractivity (Wildman–Crippen MR) is 81.6 cm³/mol. The molecule has 2 aromatic rings. The van der Waals surface area contributed by atoms with Gasteiger partial charge in [0.15, 0.2) is 0 Å². The summed E-state index contributed by atoms with van der Waals surface area (Å²) in [6.07, 6.45) is 0. The normalized spacial score (nSPS) is 11.7. The summed E-state index contributed by atoms with van der Waals surface area (Å²) in [4.78, 5) is -0.0731. The van der Waals surface area contributed by atoms with Crippen molar-refractivity contribution in [2.75, 3.05) is 0 Å². The summed E-state index contributed by atoms with van der Waals surface area (Å²) < 4.78 is 53.4. The van der Waals surface area contributed by atoms with Gasteiger partial charge in [-0.25, -0.2) is 21.9 Å². The van der Waals surface area contributed by atoms with Crippen LogP contribution in [0.15, 0.2) is 35.2 Å². The first-order valence-electron chi connectivity index (χ1n) is 6.10. The van der Waals surface area contributed by atoms with E-state index in [0.717, 1.165) is 17.7 Å². The zero-order valence-corrected chi connectivity index (χ0v) is 13.7. The Morgan fingerprint density at radius 3 is 2.36 bits per heavy atom. The summed E-state index contributed by atoms with van der Waals surface area (Å²) in [5, 5.41) is -0.164. The molecule has 1 N–H and O–H groups in total. The van der Waals surface area contributed by atoms with Gasteiger partial charge in [0.1, 0.15) is 11.6 Å². The molecule has 0 aliphatic carbocycles. The highest BCUT2D eigenvalue weighted by atomic mass is 35.5. The van der Waals surface area contributed by atoms with Crippen LogP contribution < -0.4 is 4.72 Å². The number of nitrogens with one attached hydrogen (secondary N) is 1. The largest absolute Gasteiger partial charge is 0.240 e. The first-order chi connectivity index (χ1) is 10.2. The van der Waals surface area contributed by atoms with Crippen LogP contribution in [0.1, 0.15) is 11.1 Å². The van der Waals surface area contributed by atoms with Crippen molar-refractivity contribution in [1.82, 2.24) is 4.72 Å². The molecule has 0 spiro atoms. The van der Waals surface area contributed by atoms with Crippen LogP contribution in [0.3, 0.4) is 0 Å². The molecule has 0 amide bonds. The maximum atomic E-state index is 13.6. The van der Waals surface area contributed by atoms with Gasteiger partial charge in [-0.15, -0.1) is 0 Å². The lowest BCUT2D eigenvalue weighted by Gasteiger charge is -2.10. The molecule has 3 nitrogen and oxygen atoms in total. The zero-order chi connectivity index (χ0) is 16.5. The molecule has 0 atom stereocenters. The van der Waals surface area contributed by atoms with Crippen LogP contribution in [-0.4, -0.2) is 8.42 Å². The second-order valence-electron chi connectivity index (χ2n) is 4.56. The number of sulfonamides is 1. The molecular weight excluding hydrogens is 355 g/mol. The summed E-state index contributed by atoms with van der Waals surface area (Å²) in [5.74, 6) is -1.62. The van der Waals surface area contributed by atoms with Crippen LogP contribution in [0.25, 0.3) is 0 Å². The number of halogens is 4. The lowest BCUT2D eigenvalue weighted by Crippen LogP contribution is -2.24. The van der Waals surface area contributed by atoms with Gasteiger partial charge < -0.3 is 0 Å². The average Bonchev–Trinajstić information content (AvgIpc) is 2.46. The smallest absolute Gasteiger partial charge is 0.207 e. The fraction of sp³-hybridized carbons (Fsp3) is 0.143. The zero-order valence-electron chi connectivity index (χ0n) is 11.3. The van der Waals surface area contributed by atoms with Crippen LogP contribution in [0.4, 0.5) is 8.78 Å². The van der Waals surface area contributed by atoms with Crippen LogP contribution >= 0.6 is 23.2 Å². The van der Waals surface area contributed by atoms with E-state index in [1.54, 1.807) is 13.0 Å². The van der Waals surface area contributed by atoms with Gasteiger partial charge in [0.2, 0.25) is 10.0 Å². The van der Waals surface area contributed by atoms with Crippen molar-refractivity contribution in [3.8, 4) is 0 Å². The van der Waals surface area contributed by atoms with Crippen molar-refractivity contribution in [3.05, 3.63) is 63.1 Å². The molecule has 0 fully saturated rings. The van der Waals surface area contributed by atoms with Crippen molar-refractivity contribution in [2.45, 2.75) is 18.4 Å². The van der Waals surface area contributed by atoms with Crippen LogP contribution in [-0.2, 0) is 16.6 Å². The van der Waals surface area contributed by atoms with Gasteiger partial charge in [-0.2, -0.15) is 0 Å².